The molecule has 0 saturated carbocycles. The number of hydrogen-bond donors (Lipinski definition) is 2. The van der Waals surface area contributed by atoms with Crippen molar-refractivity contribution in [3.63, 3.8) is 0 Å². The number of nitrogens with one attached hydrogen (secondary N) is 2. The molecule has 3 aromatic rings. The molecule has 2 aromatic heterocycles. The Morgan fingerprint density at radius 2 is 1.94 bits per heavy atom. The molecule has 0 spiro atoms. The summed E-state index contributed by atoms with van der Waals surface area (Å²) in [5.74, 6) is 0.408. The number of aldehydes is 1. The summed E-state index contributed by atoms with van der Waals surface area (Å²) in [5, 5.41) is 6.22. The van der Waals surface area contributed by atoms with Gasteiger partial charge in [-0.1, -0.05) is 0 Å². The number of likely N-dealkylation sites (tertiary alicyclic amines) is 1. The number of aromatic nitrogens is 3. The first-order valence-corrected chi connectivity index (χ1v) is 12.0. The molecule has 1 saturated heterocycles. The molecular weight excluding hydrogens is 459 g/mol. The second-order valence-electron chi connectivity index (χ2n) is 9.32. The zero-order chi connectivity index (χ0) is 25.2. The number of ether oxygens (including phenoxy) is 1. The van der Waals surface area contributed by atoms with Crippen molar-refractivity contribution in [3.05, 3.63) is 64.9 Å². The van der Waals surface area contributed by atoms with Crippen LogP contribution in [0.2, 0.25) is 0 Å². The Morgan fingerprint density at radius 1 is 1.19 bits per heavy atom. The van der Waals surface area contributed by atoms with Gasteiger partial charge >= 0.3 is 6.01 Å². The molecule has 1 aromatic carbocycles. The van der Waals surface area contributed by atoms with Crippen LogP contribution in [-0.2, 0) is 4.79 Å². The molecule has 0 bridgehead atoms. The van der Waals surface area contributed by atoms with Crippen molar-refractivity contribution < 1.29 is 13.9 Å². The molecule has 1 atom stereocenters. The van der Waals surface area contributed by atoms with Crippen LogP contribution in [0.1, 0.15) is 47.1 Å². The monoisotopic (exact) mass is 488 g/mol. The molecule has 1 unspecified atom stereocenters. The molecular formula is C27H29FN6O2. The second kappa shape index (κ2) is 10.0. The minimum Gasteiger partial charge on any atom is -0.467 e. The van der Waals surface area contributed by atoms with Crippen molar-refractivity contribution in [1.29, 1.82) is 0 Å². The van der Waals surface area contributed by atoms with E-state index in [9.17, 15) is 4.79 Å². The number of halogens is 1. The molecule has 2 N–H and O–H groups in total. The fourth-order valence-corrected chi connectivity index (χ4v) is 4.95. The summed E-state index contributed by atoms with van der Waals surface area (Å²) >= 11 is 0. The van der Waals surface area contributed by atoms with Gasteiger partial charge in [0.1, 0.15) is 24.0 Å². The maximum absolute atomic E-state index is 15.4. The van der Waals surface area contributed by atoms with E-state index in [1.807, 2.05) is 25.1 Å². The maximum Gasteiger partial charge on any atom is 0.316 e. The largest absolute Gasteiger partial charge is 0.467 e. The van der Waals surface area contributed by atoms with E-state index in [0.29, 0.717) is 34.2 Å². The lowest BCUT2D eigenvalue weighted by molar-refractivity contribution is -0.109. The summed E-state index contributed by atoms with van der Waals surface area (Å²) in [6.45, 7) is 4.04. The highest BCUT2D eigenvalue weighted by Gasteiger charge is 2.25. The van der Waals surface area contributed by atoms with Crippen molar-refractivity contribution in [2.75, 3.05) is 32.6 Å². The lowest BCUT2D eigenvalue weighted by Gasteiger charge is -2.30. The number of rotatable bonds is 6. The number of anilines is 2. The van der Waals surface area contributed by atoms with Crippen molar-refractivity contribution in [1.82, 2.24) is 25.2 Å². The van der Waals surface area contributed by atoms with E-state index < -0.39 is 6.04 Å². The summed E-state index contributed by atoms with van der Waals surface area (Å²) in [5.41, 5.74) is 5.13. The molecule has 2 aliphatic rings. The molecule has 9 heteroatoms. The Morgan fingerprint density at radius 3 is 2.64 bits per heavy atom. The van der Waals surface area contributed by atoms with Crippen LogP contribution in [0.3, 0.4) is 0 Å². The first-order chi connectivity index (χ1) is 17.5. The third kappa shape index (κ3) is 4.66. The molecule has 0 aliphatic carbocycles. The van der Waals surface area contributed by atoms with Gasteiger partial charge in [0.2, 0.25) is 0 Å². The maximum atomic E-state index is 15.4. The minimum atomic E-state index is -0.608. The SMILES string of the molecule is COc1ncc(-c2cc3c(c(Nc4cc(C)c(C5CCN(C)CC5)cc4F)n2)C(C=O)NC=C3)cn1. The van der Waals surface area contributed by atoms with Gasteiger partial charge in [-0.15, -0.1) is 0 Å². The Kier molecular flexibility index (Phi) is 6.65. The van der Waals surface area contributed by atoms with Gasteiger partial charge in [-0.3, -0.25) is 0 Å². The Bertz CT molecular complexity index is 1300. The predicted octanol–water partition coefficient (Wildman–Crippen LogP) is 4.36. The zero-order valence-corrected chi connectivity index (χ0v) is 20.6. The zero-order valence-electron chi connectivity index (χ0n) is 20.6. The smallest absolute Gasteiger partial charge is 0.316 e. The van der Waals surface area contributed by atoms with Gasteiger partial charge in [0, 0.05) is 23.5 Å². The highest BCUT2D eigenvalue weighted by atomic mass is 19.1. The molecule has 1 fully saturated rings. The number of benzene rings is 1. The number of aryl methyl sites for hydroxylation is 1. The van der Waals surface area contributed by atoms with Gasteiger partial charge in [-0.05, 0) is 93.0 Å². The minimum absolute atomic E-state index is 0.252. The molecule has 4 heterocycles. The van der Waals surface area contributed by atoms with E-state index in [-0.39, 0.29) is 11.8 Å². The lowest BCUT2D eigenvalue weighted by Crippen LogP contribution is -2.29. The average molecular weight is 489 g/mol. The molecule has 2 aliphatic heterocycles. The Balaban J connectivity index is 1.54. The van der Waals surface area contributed by atoms with Crippen molar-refractivity contribution in [2.24, 2.45) is 0 Å². The lowest BCUT2D eigenvalue weighted by atomic mass is 9.86. The van der Waals surface area contributed by atoms with Crippen LogP contribution in [0, 0.1) is 12.7 Å². The fourth-order valence-electron chi connectivity index (χ4n) is 4.95. The van der Waals surface area contributed by atoms with Gasteiger partial charge in [0.25, 0.3) is 0 Å². The fraction of sp³-hybridized carbons (Fsp3) is 0.333. The van der Waals surface area contributed by atoms with Gasteiger partial charge < -0.3 is 25.1 Å². The second-order valence-corrected chi connectivity index (χ2v) is 9.32. The van der Waals surface area contributed by atoms with E-state index >= 15 is 4.39 Å². The molecule has 0 radical (unpaired) electrons. The number of carbonyl (C=O) groups excluding carboxylic acids is 1. The number of fused-ring (bicyclic) bond motifs is 1. The van der Waals surface area contributed by atoms with Gasteiger partial charge in [0.15, 0.2) is 0 Å². The summed E-state index contributed by atoms with van der Waals surface area (Å²) in [6.07, 6.45) is 9.67. The van der Waals surface area contributed by atoms with Gasteiger partial charge in [-0.25, -0.2) is 19.3 Å². The van der Waals surface area contributed by atoms with Crippen LogP contribution in [0.15, 0.2) is 36.8 Å². The average Bonchev–Trinajstić information content (AvgIpc) is 2.90. The molecule has 36 heavy (non-hydrogen) atoms. The van der Waals surface area contributed by atoms with E-state index in [1.165, 1.54) is 7.11 Å². The van der Waals surface area contributed by atoms with Crippen LogP contribution < -0.4 is 15.4 Å². The molecule has 8 nitrogen and oxygen atoms in total. The van der Waals surface area contributed by atoms with Gasteiger partial charge in [-0.2, -0.15) is 0 Å². The highest BCUT2D eigenvalue weighted by Crippen LogP contribution is 2.37. The number of carbonyl (C=O) groups is 1. The number of piperidine rings is 1. The summed E-state index contributed by atoms with van der Waals surface area (Å²) in [7, 11) is 3.62. The Labute approximate surface area is 209 Å². The first kappa shape index (κ1) is 23.9. The van der Waals surface area contributed by atoms with E-state index in [1.54, 1.807) is 24.7 Å². The number of hydrogen-bond acceptors (Lipinski definition) is 8. The summed E-state index contributed by atoms with van der Waals surface area (Å²) in [6, 6.07) is 5.00. The summed E-state index contributed by atoms with van der Waals surface area (Å²) < 4.78 is 20.5. The standard InChI is InChI=1S/C27H29FN6O2/c1-16-10-23(21(28)12-20(16)17-5-8-34(2)9-6-17)33-26-25-18(4-7-29-24(25)15-35)11-22(32-26)19-13-30-27(36-3)31-14-19/h4,7,10-15,17,24,29H,5-6,8-9H2,1-3H3,(H,32,33). The topological polar surface area (TPSA) is 92.3 Å². The quantitative estimate of drug-likeness (QED) is 0.495. The van der Waals surface area contributed by atoms with Crippen molar-refractivity contribution in [3.8, 4) is 17.3 Å². The third-order valence-corrected chi connectivity index (χ3v) is 6.95. The van der Waals surface area contributed by atoms with Crippen LogP contribution in [0.25, 0.3) is 17.3 Å². The normalized spacial score (nSPS) is 17.8. The van der Waals surface area contributed by atoms with Crippen LogP contribution in [0.5, 0.6) is 6.01 Å². The first-order valence-electron chi connectivity index (χ1n) is 12.0. The van der Waals surface area contributed by atoms with E-state index in [2.05, 4.69) is 32.5 Å². The predicted molar refractivity (Wildman–Crippen MR) is 137 cm³/mol. The van der Waals surface area contributed by atoms with Crippen LogP contribution in [-0.4, -0.2) is 53.4 Å². The van der Waals surface area contributed by atoms with E-state index in [4.69, 9.17) is 9.72 Å². The van der Waals surface area contributed by atoms with E-state index in [0.717, 1.165) is 48.9 Å². The van der Waals surface area contributed by atoms with Gasteiger partial charge in [0.05, 0.1) is 18.5 Å². The van der Waals surface area contributed by atoms with Crippen molar-refractivity contribution in [2.45, 2.75) is 31.7 Å². The number of pyridine rings is 1. The molecule has 0 amide bonds. The van der Waals surface area contributed by atoms with Crippen LogP contribution >= 0.6 is 0 Å². The Hall–Kier alpha value is -3.85. The third-order valence-electron chi connectivity index (χ3n) is 6.95. The number of methoxy groups -OCH3 is 1. The van der Waals surface area contributed by atoms with Crippen molar-refractivity contribution >= 4 is 23.9 Å². The highest BCUT2D eigenvalue weighted by molar-refractivity contribution is 5.80. The summed E-state index contributed by atoms with van der Waals surface area (Å²) in [4.78, 5) is 27.3. The molecule has 186 valence electrons. The number of nitrogens with zero attached hydrogens (tertiary/aromatic N) is 4. The van der Waals surface area contributed by atoms with Crippen LogP contribution in [0.4, 0.5) is 15.9 Å². The molecule has 5 rings (SSSR count).